The molecule has 0 aliphatic rings. The van der Waals surface area contributed by atoms with Crippen molar-refractivity contribution in [3.63, 3.8) is 0 Å². The van der Waals surface area contributed by atoms with E-state index in [4.69, 9.17) is 10.5 Å². The number of rotatable bonds is 11. The fourth-order valence-corrected chi connectivity index (χ4v) is 4.32. The average molecular weight is 767 g/mol. The molecule has 0 radical (unpaired) electrons. The summed E-state index contributed by atoms with van der Waals surface area (Å²) in [6.45, 7) is 5.40. The van der Waals surface area contributed by atoms with Gasteiger partial charge in [-0.05, 0) is 43.0 Å². The van der Waals surface area contributed by atoms with Gasteiger partial charge in [0.25, 0.3) is 0 Å². The van der Waals surface area contributed by atoms with Gasteiger partial charge in [-0.1, -0.05) is 128 Å². The van der Waals surface area contributed by atoms with Crippen LogP contribution in [0.4, 0.5) is 26.3 Å². The van der Waals surface area contributed by atoms with Gasteiger partial charge in [0, 0.05) is 23.7 Å². The molecule has 0 amide bonds. The minimum absolute atomic E-state index is 0. The van der Waals surface area contributed by atoms with Gasteiger partial charge < -0.3 is 15.2 Å². The van der Waals surface area contributed by atoms with Gasteiger partial charge in [0.2, 0.25) is 0 Å². The molecular weight excluding hydrogens is 722 g/mol. The molecule has 0 saturated carbocycles. The van der Waals surface area contributed by atoms with Gasteiger partial charge in [-0.2, -0.15) is 26.3 Å². The Morgan fingerprint density at radius 1 is 0.679 bits per heavy atom. The van der Waals surface area contributed by atoms with Gasteiger partial charge >= 0.3 is 24.3 Å². The first kappa shape index (κ1) is 46.4. The van der Waals surface area contributed by atoms with E-state index in [0.29, 0.717) is 6.08 Å². The van der Waals surface area contributed by atoms with Crippen molar-refractivity contribution in [2.45, 2.75) is 71.4 Å². The number of nitrogens with two attached hydrogens (primary N) is 1. The minimum atomic E-state index is -4.51. The van der Waals surface area contributed by atoms with E-state index in [2.05, 4.69) is 10.1 Å². The molecule has 0 fully saturated rings. The van der Waals surface area contributed by atoms with E-state index in [1.807, 2.05) is 49.4 Å². The Labute approximate surface area is 312 Å². The van der Waals surface area contributed by atoms with Crippen LogP contribution in [0.3, 0.4) is 0 Å². The first-order valence-electron chi connectivity index (χ1n) is 16.3. The molecule has 0 heterocycles. The Morgan fingerprint density at radius 3 is 1.45 bits per heavy atom. The Balaban J connectivity index is 0.000000444. The molecule has 4 rings (SSSR count). The number of hydrogen-bond acceptors (Lipinski definition) is 6. The van der Waals surface area contributed by atoms with E-state index >= 15 is 0 Å². The highest BCUT2D eigenvalue weighted by molar-refractivity contribution is 5.85. The van der Waals surface area contributed by atoms with Gasteiger partial charge in [-0.25, -0.2) is 4.79 Å². The maximum Gasteiger partial charge on any atom is 0.412 e. The van der Waals surface area contributed by atoms with Gasteiger partial charge in [-0.15, -0.1) is 12.4 Å². The summed E-state index contributed by atoms with van der Waals surface area (Å²) in [5.41, 5.74) is 8.06. The molecule has 53 heavy (non-hydrogen) atoms. The number of benzene rings is 4. The van der Waals surface area contributed by atoms with Crippen LogP contribution < -0.4 is 11.1 Å². The number of alkyl halides is 6. The summed E-state index contributed by atoms with van der Waals surface area (Å²) in [5, 5.41) is 2.78. The highest BCUT2D eigenvalue weighted by atomic mass is 35.5. The first-order valence-corrected chi connectivity index (χ1v) is 16.3. The van der Waals surface area contributed by atoms with Gasteiger partial charge in [-0.3, -0.25) is 10.1 Å². The Bertz CT molecular complexity index is 1640. The van der Waals surface area contributed by atoms with Crippen LogP contribution >= 0.6 is 12.4 Å². The molecular formula is C40H45ClF6N2O4. The predicted molar refractivity (Wildman–Crippen MR) is 196 cm³/mol. The molecule has 13 heteroatoms. The smallest absolute Gasteiger partial charge is 0.412 e. The second kappa shape index (κ2) is 23.1. The number of carbonyl (C=O) groups is 2. The summed E-state index contributed by atoms with van der Waals surface area (Å²) in [6.07, 6.45) is -8.56. The summed E-state index contributed by atoms with van der Waals surface area (Å²) in [6, 6.07) is 34.9. The fraction of sp³-hybridized carbons (Fsp3) is 0.300. The van der Waals surface area contributed by atoms with Crippen molar-refractivity contribution >= 4 is 24.3 Å². The number of carbonyl (C=O) groups excluding carboxylic acids is 2. The minimum Gasteiger partial charge on any atom is -0.460 e. The Morgan fingerprint density at radius 2 is 1.08 bits per heavy atom. The van der Waals surface area contributed by atoms with Crippen LogP contribution in [0.2, 0.25) is 0 Å². The van der Waals surface area contributed by atoms with Crippen molar-refractivity contribution in [2.75, 3.05) is 0 Å². The van der Waals surface area contributed by atoms with Crippen LogP contribution in [0.1, 0.15) is 62.0 Å². The van der Waals surface area contributed by atoms with E-state index in [1.165, 1.54) is 5.56 Å². The number of nitrogens with one attached hydrogen (secondary N) is 1. The van der Waals surface area contributed by atoms with Crippen LogP contribution in [0.15, 0.2) is 133 Å². The molecule has 0 spiro atoms. The zero-order chi connectivity index (χ0) is 38.7. The maximum atomic E-state index is 13.2. The summed E-state index contributed by atoms with van der Waals surface area (Å²) >= 11 is 0. The van der Waals surface area contributed by atoms with Gasteiger partial charge in [0.05, 0.1) is 5.92 Å². The topological polar surface area (TPSA) is 90.6 Å². The lowest BCUT2D eigenvalue weighted by Crippen LogP contribution is -2.48. The van der Waals surface area contributed by atoms with E-state index in [1.54, 1.807) is 85.8 Å². The van der Waals surface area contributed by atoms with Crippen molar-refractivity contribution in [2.24, 2.45) is 11.7 Å². The number of ether oxygens (including phenoxy) is 2. The molecule has 4 aromatic rings. The monoisotopic (exact) mass is 766 g/mol. The molecule has 0 saturated heterocycles. The van der Waals surface area contributed by atoms with Gasteiger partial charge in [0.15, 0.2) is 0 Å². The Hall–Kier alpha value is -4.65. The SMILES string of the molecule is C/C(=C/C(=O)OCc1ccccc1)C(F)(F)F.CC([C@H](N[C@@H](C)c1ccccc1)C(=O)OCc1ccccc1)C(F)(F)F.C[C@H](N)c1ccccc1.Cl. The predicted octanol–water partition coefficient (Wildman–Crippen LogP) is 10.0. The van der Waals surface area contributed by atoms with Crippen molar-refractivity contribution in [1.82, 2.24) is 5.32 Å². The zero-order valence-electron chi connectivity index (χ0n) is 29.7. The molecule has 4 atom stereocenters. The second-order valence-electron chi connectivity index (χ2n) is 11.8. The van der Waals surface area contributed by atoms with Crippen LogP contribution in [-0.4, -0.2) is 30.3 Å². The molecule has 6 nitrogen and oxygen atoms in total. The third-order valence-corrected chi connectivity index (χ3v) is 7.55. The molecule has 1 unspecified atom stereocenters. The number of esters is 2. The van der Waals surface area contributed by atoms with Crippen molar-refractivity contribution < 1.29 is 45.4 Å². The summed E-state index contributed by atoms with van der Waals surface area (Å²) < 4.78 is 85.8. The lowest BCUT2D eigenvalue weighted by molar-refractivity contribution is -0.188. The van der Waals surface area contributed by atoms with E-state index in [9.17, 15) is 35.9 Å². The van der Waals surface area contributed by atoms with E-state index < -0.39 is 47.9 Å². The van der Waals surface area contributed by atoms with Crippen LogP contribution in [0, 0.1) is 5.92 Å². The molecule has 0 aromatic heterocycles. The lowest BCUT2D eigenvalue weighted by Gasteiger charge is -2.28. The molecule has 0 aliphatic heterocycles. The zero-order valence-corrected chi connectivity index (χ0v) is 30.6. The van der Waals surface area contributed by atoms with Crippen molar-refractivity contribution in [3.8, 4) is 0 Å². The largest absolute Gasteiger partial charge is 0.460 e. The lowest BCUT2D eigenvalue weighted by atomic mass is 9.99. The molecule has 0 bridgehead atoms. The van der Waals surface area contributed by atoms with Crippen LogP contribution in [0.25, 0.3) is 0 Å². The van der Waals surface area contributed by atoms with E-state index in [-0.39, 0.29) is 31.7 Å². The molecule has 4 aromatic carbocycles. The summed E-state index contributed by atoms with van der Waals surface area (Å²) in [7, 11) is 0. The molecule has 288 valence electrons. The highest BCUT2D eigenvalue weighted by Gasteiger charge is 2.45. The first-order chi connectivity index (χ1) is 24.5. The second-order valence-corrected chi connectivity index (χ2v) is 11.8. The van der Waals surface area contributed by atoms with Crippen molar-refractivity contribution in [1.29, 1.82) is 0 Å². The Kier molecular flexibility index (Phi) is 20.2. The maximum absolute atomic E-state index is 13.2. The van der Waals surface area contributed by atoms with Crippen molar-refractivity contribution in [3.05, 3.63) is 155 Å². The number of allylic oxidation sites excluding steroid dienone is 1. The summed E-state index contributed by atoms with van der Waals surface area (Å²) in [4.78, 5) is 23.5. The van der Waals surface area contributed by atoms with Crippen LogP contribution in [-0.2, 0) is 32.3 Å². The number of hydrogen-bond donors (Lipinski definition) is 2. The quantitative estimate of drug-likeness (QED) is 0.0898. The van der Waals surface area contributed by atoms with Gasteiger partial charge in [0.1, 0.15) is 19.3 Å². The summed E-state index contributed by atoms with van der Waals surface area (Å²) in [5.74, 6) is -3.79. The average Bonchev–Trinajstić information content (AvgIpc) is 3.13. The third kappa shape index (κ3) is 18.1. The standard InChI is InChI=1S/C20H22F3NO2.C12H11F3O2.C8H11N.ClH/c1-14(20(21,22)23)18(24-15(2)17-11-7-4-8-12-17)19(25)26-13-16-9-5-3-6-10-16;1-9(12(13,14)15)7-11(16)17-8-10-5-3-2-4-6-10;1-7(9)8-5-3-2-4-6-8;/h3-12,14-15,18,24H,13H2,1-2H3;2-7H,8H2,1H3;2-7H,9H2,1H3;1H/b;9-7-;;/t14?,15-,18-;;7-;/m0.0./s1. The molecule has 3 N–H and O–H groups in total. The fourth-order valence-electron chi connectivity index (χ4n) is 4.32. The van der Waals surface area contributed by atoms with Crippen LogP contribution in [0.5, 0.6) is 0 Å². The van der Waals surface area contributed by atoms with E-state index in [0.717, 1.165) is 30.5 Å². The number of halogens is 7. The molecule has 0 aliphatic carbocycles. The highest BCUT2D eigenvalue weighted by Crippen LogP contribution is 2.30. The third-order valence-electron chi connectivity index (χ3n) is 7.55. The normalized spacial score (nSPS) is 13.6.